The van der Waals surface area contributed by atoms with Crippen molar-refractivity contribution in [3.8, 4) is 17.0 Å². The summed E-state index contributed by atoms with van der Waals surface area (Å²) in [5.41, 5.74) is 6.54. The number of aromatic hydroxyl groups is 1. The molecule has 1 aliphatic heterocycles. The zero-order chi connectivity index (χ0) is 38.1. The molecule has 10 nitrogen and oxygen atoms in total. The summed E-state index contributed by atoms with van der Waals surface area (Å²) in [6, 6.07) is 24.4. The smallest absolute Gasteiger partial charge is 0.264 e. The van der Waals surface area contributed by atoms with Crippen molar-refractivity contribution in [1.82, 2.24) is 23.9 Å². The molecule has 0 aliphatic carbocycles. The number of amides is 2. The van der Waals surface area contributed by atoms with E-state index < -0.39 is 5.82 Å². The van der Waals surface area contributed by atoms with Crippen LogP contribution >= 0.6 is 0 Å². The van der Waals surface area contributed by atoms with Crippen molar-refractivity contribution in [2.45, 2.75) is 39.4 Å². The number of fused-ring (bicyclic) bond motifs is 2. The minimum Gasteiger partial charge on any atom is -0.508 e. The zero-order valence-corrected chi connectivity index (χ0v) is 31.3. The number of hydrogen-bond donors (Lipinski definition) is 1. The van der Waals surface area contributed by atoms with Crippen LogP contribution in [0.15, 0.2) is 97.3 Å². The Labute approximate surface area is 314 Å². The number of phenolic OH excluding ortho intramolecular Hbond substituents is 1. The molecule has 0 unspecified atom stereocenters. The van der Waals surface area contributed by atoms with Crippen molar-refractivity contribution >= 4 is 34.2 Å². The summed E-state index contributed by atoms with van der Waals surface area (Å²) in [5.74, 6) is -0.953. The van der Waals surface area contributed by atoms with Crippen LogP contribution in [-0.2, 0) is 31.3 Å². The molecule has 11 heteroatoms. The van der Waals surface area contributed by atoms with Crippen LogP contribution in [0.4, 0.5) is 15.8 Å². The first-order valence-electron chi connectivity index (χ1n) is 18.1. The maximum absolute atomic E-state index is 15.3. The molecule has 6 aromatic rings. The third kappa shape index (κ3) is 7.12. The molecule has 0 fully saturated rings. The van der Waals surface area contributed by atoms with Crippen LogP contribution in [0, 0.1) is 12.7 Å². The van der Waals surface area contributed by atoms with E-state index >= 15 is 9.18 Å². The molecule has 0 saturated heterocycles. The van der Waals surface area contributed by atoms with Gasteiger partial charge in [-0.1, -0.05) is 24.3 Å². The van der Waals surface area contributed by atoms with Crippen LogP contribution in [0.5, 0.6) is 5.75 Å². The largest absolute Gasteiger partial charge is 0.508 e. The second kappa shape index (κ2) is 15.3. The number of nitrogens with zero attached hydrogens (tertiary/aromatic N) is 6. The number of pyridine rings is 1. The van der Waals surface area contributed by atoms with E-state index in [0.29, 0.717) is 72.2 Å². The number of aryl methyl sites for hydroxylation is 1. The van der Waals surface area contributed by atoms with Gasteiger partial charge < -0.3 is 28.8 Å². The first kappa shape index (κ1) is 36.6. The normalized spacial score (nSPS) is 14.1. The zero-order valence-electron chi connectivity index (χ0n) is 31.3. The van der Waals surface area contributed by atoms with Crippen LogP contribution in [0.25, 0.3) is 22.3 Å². The summed E-state index contributed by atoms with van der Waals surface area (Å²) >= 11 is 0. The Kier molecular flexibility index (Phi) is 10.4. The van der Waals surface area contributed by atoms with Crippen LogP contribution in [0.3, 0.4) is 0 Å². The summed E-state index contributed by atoms with van der Waals surface area (Å²) in [4.78, 5) is 39.8. The Morgan fingerprint density at radius 2 is 1.72 bits per heavy atom. The molecule has 54 heavy (non-hydrogen) atoms. The van der Waals surface area contributed by atoms with E-state index in [1.165, 1.54) is 29.8 Å². The van der Waals surface area contributed by atoms with Gasteiger partial charge in [-0.15, -0.1) is 0 Å². The fourth-order valence-corrected chi connectivity index (χ4v) is 7.39. The van der Waals surface area contributed by atoms with Gasteiger partial charge in [0.05, 0.1) is 24.1 Å². The van der Waals surface area contributed by atoms with Gasteiger partial charge in [-0.2, -0.15) is 0 Å². The Bertz CT molecular complexity index is 2330. The highest BCUT2D eigenvalue weighted by molar-refractivity contribution is 6.13. The minimum absolute atomic E-state index is 0.0693. The fraction of sp³-hybridized carbons (Fsp3) is 0.279. The lowest BCUT2D eigenvalue weighted by Crippen LogP contribution is -2.42. The summed E-state index contributed by atoms with van der Waals surface area (Å²) < 4.78 is 24.6. The molecule has 3 aromatic carbocycles. The molecule has 4 heterocycles. The van der Waals surface area contributed by atoms with Gasteiger partial charge in [-0.3, -0.25) is 14.5 Å². The highest BCUT2D eigenvalue weighted by Crippen LogP contribution is 2.36. The Morgan fingerprint density at radius 3 is 2.48 bits per heavy atom. The van der Waals surface area contributed by atoms with Crippen molar-refractivity contribution in [3.05, 3.63) is 131 Å². The summed E-state index contributed by atoms with van der Waals surface area (Å²) in [6.45, 7) is 6.68. The highest BCUT2D eigenvalue weighted by atomic mass is 19.1. The topological polar surface area (TPSA) is 96.1 Å². The monoisotopic (exact) mass is 728 g/mol. The number of carbonyl (C=O) groups excluding carboxylic acids is 2. The second-order valence-corrected chi connectivity index (χ2v) is 14.1. The molecule has 1 atom stereocenters. The van der Waals surface area contributed by atoms with Gasteiger partial charge in [0.1, 0.15) is 17.2 Å². The lowest BCUT2D eigenvalue weighted by molar-refractivity contribution is 0.0658. The Balaban J connectivity index is 1.35. The predicted octanol–water partition coefficient (Wildman–Crippen LogP) is 7.34. The lowest BCUT2D eigenvalue weighted by Gasteiger charge is -2.35. The van der Waals surface area contributed by atoms with Crippen LogP contribution < -0.4 is 4.90 Å². The molecule has 278 valence electrons. The summed E-state index contributed by atoms with van der Waals surface area (Å²) in [5, 5.41) is 11.0. The molecule has 0 bridgehead atoms. The molecule has 1 N–H and O–H groups in total. The molecular formula is C43H45FN6O4. The third-order valence-corrected chi connectivity index (χ3v) is 10.5. The molecule has 3 aromatic heterocycles. The summed E-state index contributed by atoms with van der Waals surface area (Å²) in [6.07, 6.45) is 4.29. The van der Waals surface area contributed by atoms with Gasteiger partial charge in [0.2, 0.25) is 0 Å². The number of hydrogen-bond acceptors (Lipinski definition) is 6. The van der Waals surface area contributed by atoms with Gasteiger partial charge in [0.25, 0.3) is 11.8 Å². The predicted molar refractivity (Wildman–Crippen MR) is 209 cm³/mol. The van der Waals surface area contributed by atoms with Gasteiger partial charge in [0.15, 0.2) is 0 Å². The number of aromatic nitrogens is 3. The van der Waals surface area contributed by atoms with Gasteiger partial charge in [-0.25, -0.2) is 9.37 Å². The molecule has 2 amide bonds. The van der Waals surface area contributed by atoms with Crippen molar-refractivity contribution in [1.29, 1.82) is 0 Å². The van der Waals surface area contributed by atoms with Crippen LogP contribution in [-0.4, -0.2) is 80.7 Å². The van der Waals surface area contributed by atoms with Gasteiger partial charge in [-0.05, 0) is 99.1 Å². The SMILES string of the molecule is COCCN(C)CCn1c(-c2cc(F)ccc2C(=O)N2Cc3ccccc3C[C@H]2C)cc(C(=O)N(c2ccc(O)cc2)c2cnc3c(ccn3C)c2)c1C. The lowest BCUT2D eigenvalue weighted by atomic mass is 9.93. The number of likely N-dealkylation sites (N-methyl/N-ethyl adjacent to an activating group) is 1. The van der Waals surface area contributed by atoms with Crippen molar-refractivity contribution in [2.24, 2.45) is 7.05 Å². The fourth-order valence-electron chi connectivity index (χ4n) is 7.39. The standard InChI is InChI=1S/C43H45FN6O4/c1-28-22-30-8-6-7-9-32(30)27-49(28)42(52)37-15-10-33(44)24-39(37)40-25-38(29(2)48(40)19-18-46(3)20-21-54-5)43(53)50(34-11-13-36(51)14-12-34)35-23-31-16-17-47(4)41(31)45-26-35/h6-17,23-26,28,51H,18-22,27H2,1-5H3/t28-/m1/s1. The number of rotatable bonds is 11. The van der Waals surface area contributed by atoms with E-state index in [2.05, 4.69) is 16.0 Å². The van der Waals surface area contributed by atoms with E-state index in [4.69, 9.17) is 4.74 Å². The molecule has 0 radical (unpaired) electrons. The van der Waals surface area contributed by atoms with E-state index in [1.54, 1.807) is 42.5 Å². The number of phenols is 1. The maximum atomic E-state index is 15.3. The third-order valence-electron chi connectivity index (χ3n) is 10.5. The van der Waals surface area contributed by atoms with E-state index in [-0.39, 0.29) is 23.6 Å². The molecule has 0 spiro atoms. The average molecular weight is 729 g/mol. The number of ether oxygens (including phenoxy) is 1. The van der Waals surface area contributed by atoms with Crippen LogP contribution in [0.2, 0.25) is 0 Å². The quantitative estimate of drug-likeness (QED) is 0.150. The first-order valence-corrected chi connectivity index (χ1v) is 18.1. The molecule has 7 rings (SSSR count). The number of benzene rings is 3. The minimum atomic E-state index is -0.484. The Hall–Kier alpha value is -5.78. The molecule has 0 saturated carbocycles. The summed E-state index contributed by atoms with van der Waals surface area (Å²) in [7, 11) is 5.57. The van der Waals surface area contributed by atoms with Crippen molar-refractivity contribution in [3.63, 3.8) is 0 Å². The molecular weight excluding hydrogens is 684 g/mol. The highest BCUT2D eigenvalue weighted by Gasteiger charge is 2.32. The molecule has 1 aliphatic rings. The van der Waals surface area contributed by atoms with Crippen LogP contribution in [0.1, 0.15) is 44.5 Å². The number of carbonyl (C=O) groups is 2. The maximum Gasteiger partial charge on any atom is 0.264 e. The Morgan fingerprint density at radius 1 is 0.963 bits per heavy atom. The van der Waals surface area contributed by atoms with Crippen molar-refractivity contribution in [2.75, 3.05) is 38.8 Å². The average Bonchev–Trinajstić information content (AvgIpc) is 3.71. The van der Waals surface area contributed by atoms with Crippen molar-refractivity contribution < 1.29 is 23.8 Å². The number of anilines is 2. The first-order chi connectivity index (χ1) is 26.0. The number of halogens is 1. The van der Waals surface area contributed by atoms with E-state index in [9.17, 15) is 9.90 Å². The van der Waals surface area contributed by atoms with Gasteiger partial charge >= 0.3 is 0 Å². The number of methoxy groups -OCH3 is 1. The van der Waals surface area contributed by atoms with E-state index in [1.807, 2.05) is 78.5 Å². The van der Waals surface area contributed by atoms with E-state index in [0.717, 1.165) is 23.0 Å². The van der Waals surface area contributed by atoms with Gasteiger partial charge in [0, 0.05) is 86.2 Å². The second-order valence-electron chi connectivity index (χ2n) is 14.1.